The standard InChI is InChI=1S/C22H21ClN4OS2/c1-15-4-9-18(23)20-19(15)25-22(30-20)27(12-3-11-26-13-10-24-14-26)21(28)16-5-7-17(29-2)8-6-16/h4-10,13-14H,3,11-12H2,1-2H3. The van der Waals surface area contributed by atoms with E-state index in [4.69, 9.17) is 16.6 Å². The van der Waals surface area contributed by atoms with Crippen LogP contribution < -0.4 is 4.90 Å². The summed E-state index contributed by atoms with van der Waals surface area (Å²) in [6.45, 7) is 3.34. The van der Waals surface area contributed by atoms with Gasteiger partial charge in [-0.3, -0.25) is 9.69 Å². The molecule has 0 bridgehead atoms. The zero-order valence-corrected chi connectivity index (χ0v) is 19.1. The van der Waals surface area contributed by atoms with Gasteiger partial charge in [0.15, 0.2) is 5.13 Å². The highest BCUT2D eigenvalue weighted by molar-refractivity contribution is 7.98. The van der Waals surface area contributed by atoms with Crippen molar-refractivity contribution in [2.45, 2.75) is 24.8 Å². The molecule has 0 spiro atoms. The van der Waals surface area contributed by atoms with Gasteiger partial charge in [0.1, 0.15) is 0 Å². The summed E-state index contributed by atoms with van der Waals surface area (Å²) in [6.07, 6.45) is 8.27. The van der Waals surface area contributed by atoms with Gasteiger partial charge < -0.3 is 4.57 Å². The lowest BCUT2D eigenvalue weighted by molar-refractivity contribution is 0.0986. The van der Waals surface area contributed by atoms with E-state index in [0.29, 0.717) is 22.3 Å². The molecule has 5 nitrogen and oxygen atoms in total. The maximum absolute atomic E-state index is 13.4. The molecule has 2 heterocycles. The van der Waals surface area contributed by atoms with E-state index in [1.165, 1.54) is 11.3 Å². The molecule has 0 saturated heterocycles. The normalized spacial score (nSPS) is 11.2. The van der Waals surface area contributed by atoms with Gasteiger partial charge in [-0.25, -0.2) is 9.97 Å². The topological polar surface area (TPSA) is 51.0 Å². The van der Waals surface area contributed by atoms with Crippen LogP contribution in [0.2, 0.25) is 5.02 Å². The van der Waals surface area contributed by atoms with Crippen LogP contribution in [-0.4, -0.2) is 33.2 Å². The Hall–Kier alpha value is -2.35. The second-order valence-electron chi connectivity index (χ2n) is 6.88. The molecular formula is C22H21ClN4OS2. The number of aryl methyl sites for hydroxylation is 2. The van der Waals surface area contributed by atoms with Crippen LogP contribution in [-0.2, 0) is 6.54 Å². The quantitative estimate of drug-likeness (QED) is 0.324. The lowest BCUT2D eigenvalue weighted by Crippen LogP contribution is -2.32. The van der Waals surface area contributed by atoms with Crippen LogP contribution in [0.5, 0.6) is 0 Å². The van der Waals surface area contributed by atoms with Crippen LogP contribution in [0, 0.1) is 6.92 Å². The van der Waals surface area contributed by atoms with E-state index in [2.05, 4.69) is 4.98 Å². The fraction of sp³-hybridized carbons (Fsp3) is 0.227. The molecule has 30 heavy (non-hydrogen) atoms. The van der Waals surface area contributed by atoms with Crippen LogP contribution in [0.1, 0.15) is 22.3 Å². The Kier molecular flexibility index (Phi) is 6.41. The minimum Gasteiger partial charge on any atom is -0.337 e. The first-order chi connectivity index (χ1) is 14.6. The molecule has 0 fully saturated rings. The number of benzene rings is 2. The number of thiazole rings is 1. The minimum absolute atomic E-state index is 0.0545. The van der Waals surface area contributed by atoms with Crippen LogP contribution in [0.25, 0.3) is 10.2 Å². The molecule has 8 heteroatoms. The number of anilines is 1. The predicted octanol–water partition coefficient (Wildman–Crippen LogP) is 5.91. The SMILES string of the molecule is CSc1ccc(C(=O)N(CCCn2ccnc2)c2nc3c(C)ccc(Cl)c3s2)cc1. The number of aromatic nitrogens is 3. The number of amides is 1. The van der Waals surface area contributed by atoms with Crippen LogP contribution in [0.4, 0.5) is 5.13 Å². The highest BCUT2D eigenvalue weighted by Crippen LogP contribution is 2.36. The van der Waals surface area contributed by atoms with Crippen molar-refractivity contribution in [2.24, 2.45) is 0 Å². The molecular weight excluding hydrogens is 436 g/mol. The van der Waals surface area contributed by atoms with Crippen molar-refractivity contribution in [3.63, 3.8) is 0 Å². The van der Waals surface area contributed by atoms with Crippen molar-refractivity contribution < 1.29 is 4.79 Å². The Morgan fingerprint density at radius 2 is 2.03 bits per heavy atom. The fourth-order valence-corrected chi connectivity index (χ4v) is 4.96. The van der Waals surface area contributed by atoms with Gasteiger partial charge in [-0.1, -0.05) is 29.0 Å². The number of hydrogen-bond donors (Lipinski definition) is 0. The minimum atomic E-state index is -0.0545. The van der Waals surface area contributed by atoms with Crippen molar-refractivity contribution in [3.8, 4) is 0 Å². The molecule has 2 aromatic carbocycles. The fourth-order valence-electron chi connectivity index (χ4n) is 3.21. The molecule has 4 aromatic rings. The number of carbonyl (C=O) groups is 1. The molecule has 2 aromatic heterocycles. The lowest BCUT2D eigenvalue weighted by atomic mass is 10.2. The van der Waals surface area contributed by atoms with Gasteiger partial charge in [0.2, 0.25) is 0 Å². The maximum atomic E-state index is 13.4. The van der Waals surface area contributed by atoms with Crippen LogP contribution in [0.3, 0.4) is 0 Å². The Morgan fingerprint density at radius 3 is 2.70 bits per heavy atom. The first-order valence-corrected chi connectivity index (χ1v) is 12.0. The number of nitrogens with zero attached hydrogens (tertiary/aromatic N) is 4. The molecule has 0 saturated carbocycles. The Bertz CT molecular complexity index is 1120. The van der Waals surface area contributed by atoms with Crippen molar-refractivity contribution in [3.05, 3.63) is 71.3 Å². The molecule has 154 valence electrons. The second kappa shape index (κ2) is 9.20. The predicted molar refractivity (Wildman–Crippen MR) is 126 cm³/mol. The van der Waals surface area contributed by atoms with E-state index in [-0.39, 0.29) is 5.91 Å². The molecule has 0 radical (unpaired) electrons. The summed E-state index contributed by atoms with van der Waals surface area (Å²) in [7, 11) is 0. The summed E-state index contributed by atoms with van der Waals surface area (Å²) in [5.41, 5.74) is 2.55. The number of carbonyl (C=O) groups excluding carboxylic acids is 1. The summed E-state index contributed by atoms with van der Waals surface area (Å²) in [5.74, 6) is -0.0545. The Labute approximate surface area is 188 Å². The summed E-state index contributed by atoms with van der Waals surface area (Å²) >= 11 is 9.52. The molecule has 0 aliphatic carbocycles. The third kappa shape index (κ3) is 4.38. The first kappa shape index (κ1) is 20.9. The first-order valence-electron chi connectivity index (χ1n) is 9.54. The van der Waals surface area contributed by atoms with E-state index in [9.17, 15) is 4.79 Å². The van der Waals surface area contributed by atoms with Crippen LogP contribution in [0.15, 0.2) is 60.0 Å². The lowest BCUT2D eigenvalue weighted by Gasteiger charge is -2.20. The summed E-state index contributed by atoms with van der Waals surface area (Å²) < 4.78 is 2.92. The van der Waals surface area contributed by atoms with Gasteiger partial charge in [0.05, 0.1) is 21.6 Å². The van der Waals surface area contributed by atoms with Crippen molar-refractivity contribution in [1.82, 2.24) is 14.5 Å². The zero-order chi connectivity index (χ0) is 21.1. The third-order valence-electron chi connectivity index (χ3n) is 4.86. The van der Waals surface area contributed by atoms with E-state index in [1.807, 2.05) is 60.3 Å². The van der Waals surface area contributed by atoms with E-state index in [1.54, 1.807) is 29.2 Å². The average Bonchev–Trinajstić information content (AvgIpc) is 3.44. The van der Waals surface area contributed by atoms with Gasteiger partial charge in [0.25, 0.3) is 5.91 Å². The number of halogens is 1. The molecule has 0 aliphatic heterocycles. The Morgan fingerprint density at radius 1 is 1.23 bits per heavy atom. The monoisotopic (exact) mass is 456 g/mol. The number of hydrogen-bond acceptors (Lipinski definition) is 5. The zero-order valence-electron chi connectivity index (χ0n) is 16.7. The van der Waals surface area contributed by atoms with Gasteiger partial charge in [-0.05, 0) is 55.5 Å². The molecule has 0 atom stereocenters. The molecule has 1 amide bonds. The van der Waals surface area contributed by atoms with E-state index in [0.717, 1.165) is 33.6 Å². The highest BCUT2D eigenvalue weighted by atomic mass is 35.5. The van der Waals surface area contributed by atoms with Gasteiger partial charge in [0, 0.05) is 35.9 Å². The van der Waals surface area contributed by atoms with Crippen molar-refractivity contribution in [1.29, 1.82) is 0 Å². The van der Waals surface area contributed by atoms with Crippen molar-refractivity contribution in [2.75, 3.05) is 17.7 Å². The number of rotatable bonds is 7. The second-order valence-corrected chi connectivity index (χ2v) is 9.14. The maximum Gasteiger partial charge on any atom is 0.260 e. The molecule has 0 aliphatic rings. The number of imidazole rings is 1. The van der Waals surface area contributed by atoms with Gasteiger partial charge in [-0.15, -0.1) is 11.8 Å². The van der Waals surface area contributed by atoms with E-state index < -0.39 is 0 Å². The third-order valence-corrected chi connectivity index (χ3v) is 7.14. The van der Waals surface area contributed by atoms with Gasteiger partial charge in [-0.2, -0.15) is 0 Å². The van der Waals surface area contributed by atoms with Crippen molar-refractivity contribution >= 4 is 56.0 Å². The summed E-state index contributed by atoms with van der Waals surface area (Å²) in [4.78, 5) is 25.2. The largest absolute Gasteiger partial charge is 0.337 e. The smallest absolute Gasteiger partial charge is 0.260 e. The molecule has 0 N–H and O–H groups in total. The number of thioether (sulfide) groups is 1. The molecule has 4 rings (SSSR count). The Balaban J connectivity index is 1.66. The highest BCUT2D eigenvalue weighted by Gasteiger charge is 2.22. The van der Waals surface area contributed by atoms with Crippen LogP contribution >= 0.6 is 34.7 Å². The average molecular weight is 457 g/mol. The summed E-state index contributed by atoms with van der Waals surface area (Å²) in [5, 5.41) is 1.33. The molecule has 0 unspecified atom stereocenters. The number of fused-ring (bicyclic) bond motifs is 1. The van der Waals surface area contributed by atoms with Gasteiger partial charge >= 0.3 is 0 Å². The summed E-state index contributed by atoms with van der Waals surface area (Å²) in [6, 6.07) is 11.5. The van der Waals surface area contributed by atoms with E-state index >= 15 is 0 Å².